The average molecular weight is 397 g/mol. The zero-order valence-corrected chi connectivity index (χ0v) is 18.4. The Morgan fingerprint density at radius 1 is 0.786 bits per heavy atom. The van der Waals surface area contributed by atoms with Crippen LogP contribution in [-0.2, 0) is 14.3 Å². The van der Waals surface area contributed by atoms with Gasteiger partial charge in [-0.15, -0.1) is 0 Å². The molecule has 0 radical (unpaired) electrons. The molecule has 0 rings (SSSR count). The van der Waals surface area contributed by atoms with Gasteiger partial charge in [-0.1, -0.05) is 83.8 Å². The zero-order valence-electron chi connectivity index (χ0n) is 18.4. The van der Waals surface area contributed by atoms with Crippen LogP contribution in [-0.4, -0.2) is 23.7 Å². The Hall–Kier alpha value is -1.32. The van der Waals surface area contributed by atoms with Gasteiger partial charge in [-0.2, -0.15) is 0 Å². The van der Waals surface area contributed by atoms with Gasteiger partial charge in [0.25, 0.3) is 0 Å². The first-order chi connectivity index (χ1) is 13.6. The van der Waals surface area contributed by atoms with Gasteiger partial charge in [-0.3, -0.25) is 9.59 Å². The molecule has 0 aliphatic heterocycles. The van der Waals surface area contributed by atoms with E-state index in [1.165, 1.54) is 64.2 Å². The Bertz CT molecular complexity index is 403. The number of ether oxygens (including phenoxy) is 1. The molecule has 1 unspecified atom stereocenters. The molecule has 0 aromatic heterocycles. The number of esters is 1. The highest BCUT2D eigenvalue weighted by molar-refractivity contribution is 5.78. The lowest BCUT2D eigenvalue weighted by atomic mass is 9.97. The van der Waals surface area contributed by atoms with Crippen LogP contribution in [0.4, 0.5) is 0 Å². The highest BCUT2D eigenvalue weighted by Crippen LogP contribution is 2.17. The summed E-state index contributed by atoms with van der Waals surface area (Å²) in [7, 11) is 0. The summed E-state index contributed by atoms with van der Waals surface area (Å²) in [6, 6.07) is 0. The molecule has 1 N–H and O–H groups in total. The lowest BCUT2D eigenvalue weighted by molar-refractivity contribution is -0.151. The maximum absolute atomic E-state index is 11.6. The van der Waals surface area contributed by atoms with Gasteiger partial charge in [0.05, 0.1) is 18.9 Å². The molecule has 0 amide bonds. The minimum absolute atomic E-state index is 0.00236. The lowest BCUT2D eigenvalue weighted by Crippen LogP contribution is -2.19. The summed E-state index contributed by atoms with van der Waals surface area (Å²) < 4.78 is 4.99. The van der Waals surface area contributed by atoms with E-state index in [9.17, 15) is 14.7 Å². The van der Waals surface area contributed by atoms with Crippen LogP contribution in [0, 0.1) is 5.92 Å². The van der Waals surface area contributed by atoms with Crippen LogP contribution in [0.5, 0.6) is 0 Å². The number of carbonyl (C=O) groups excluding carboxylic acids is 1. The average Bonchev–Trinajstić information content (AvgIpc) is 2.68. The summed E-state index contributed by atoms with van der Waals surface area (Å²) in [6.45, 7) is 4.54. The third-order valence-corrected chi connectivity index (χ3v) is 5.04. The van der Waals surface area contributed by atoms with Crippen LogP contribution in [0.1, 0.15) is 117 Å². The van der Waals surface area contributed by atoms with Crippen molar-refractivity contribution in [3.8, 4) is 0 Å². The fourth-order valence-corrected chi connectivity index (χ4v) is 3.25. The van der Waals surface area contributed by atoms with E-state index in [0.717, 1.165) is 25.7 Å². The van der Waals surface area contributed by atoms with E-state index in [-0.39, 0.29) is 12.4 Å². The number of rotatable bonds is 20. The molecule has 0 aromatic rings. The molecule has 4 heteroatoms. The first-order valence-corrected chi connectivity index (χ1v) is 11.6. The second-order valence-corrected chi connectivity index (χ2v) is 7.83. The van der Waals surface area contributed by atoms with Crippen molar-refractivity contribution in [2.24, 2.45) is 5.92 Å². The number of carbonyl (C=O) groups is 2. The van der Waals surface area contributed by atoms with Crippen LogP contribution < -0.4 is 0 Å². The largest absolute Gasteiger partial charge is 0.481 e. The van der Waals surface area contributed by atoms with Crippen LogP contribution in [0.2, 0.25) is 0 Å². The standard InChI is InChI=1S/C24H44O4/c1-3-5-6-7-8-9-10-11-12-13-14-15-16-17-18-19-22(24(26)27)21-23(25)28-20-4-2/h8-9,22H,3-7,10-21H2,1-2H3,(H,26,27)/b9-8+. The molecular weight excluding hydrogens is 352 g/mol. The van der Waals surface area contributed by atoms with Crippen molar-refractivity contribution in [3.05, 3.63) is 12.2 Å². The van der Waals surface area contributed by atoms with Crippen LogP contribution in [0.15, 0.2) is 12.2 Å². The second kappa shape index (κ2) is 20.4. The summed E-state index contributed by atoms with van der Waals surface area (Å²) in [5.41, 5.74) is 0. The van der Waals surface area contributed by atoms with E-state index in [1.807, 2.05) is 6.92 Å². The monoisotopic (exact) mass is 396 g/mol. The fourth-order valence-electron chi connectivity index (χ4n) is 3.25. The van der Waals surface area contributed by atoms with Gasteiger partial charge in [-0.25, -0.2) is 0 Å². The number of unbranched alkanes of at least 4 members (excludes halogenated alkanes) is 11. The van der Waals surface area contributed by atoms with E-state index in [2.05, 4.69) is 19.1 Å². The Morgan fingerprint density at radius 3 is 1.86 bits per heavy atom. The zero-order chi connectivity index (χ0) is 20.9. The first-order valence-electron chi connectivity index (χ1n) is 11.6. The fraction of sp³-hybridized carbons (Fsp3) is 0.833. The van der Waals surface area contributed by atoms with E-state index >= 15 is 0 Å². The van der Waals surface area contributed by atoms with Gasteiger partial charge in [0.15, 0.2) is 0 Å². The summed E-state index contributed by atoms with van der Waals surface area (Å²) in [4.78, 5) is 22.9. The Balaban J connectivity index is 3.51. The smallest absolute Gasteiger partial charge is 0.307 e. The minimum atomic E-state index is -0.882. The topological polar surface area (TPSA) is 63.6 Å². The van der Waals surface area contributed by atoms with Gasteiger partial charge in [0, 0.05) is 0 Å². The Morgan fingerprint density at radius 2 is 1.32 bits per heavy atom. The van der Waals surface area contributed by atoms with E-state index in [4.69, 9.17) is 4.74 Å². The molecule has 28 heavy (non-hydrogen) atoms. The summed E-state index contributed by atoms with van der Waals surface area (Å²) in [6.07, 6.45) is 21.9. The van der Waals surface area contributed by atoms with Gasteiger partial charge < -0.3 is 9.84 Å². The Labute approximate surface area is 173 Å². The maximum Gasteiger partial charge on any atom is 0.307 e. The van der Waals surface area contributed by atoms with Crippen LogP contribution >= 0.6 is 0 Å². The third-order valence-electron chi connectivity index (χ3n) is 5.04. The number of aliphatic carboxylic acids is 1. The molecule has 0 saturated heterocycles. The highest BCUT2D eigenvalue weighted by atomic mass is 16.5. The van der Waals surface area contributed by atoms with E-state index in [1.54, 1.807) is 0 Å². The predicted molar refractivity (Wildman–Crippen MR) is 116 cm³/mol. The van der Waals surface area contributed by atoms with Gasteiger partial charge in [0.1, 0.15) is 0 Å². The van der Waals surface area contributed by atoms with Crippen molar-refractivity contribution < 1.29 is 19.4 Å². The molecule has 0 heterocycles. The lowest BCUT2D eigenvalue weighted by Gasteiger charge is -2.11. The molecule has 4 nitrogen and oxygen atoms in total. The second-order valence-electron chi connectivity index (χ2n) is 7.83. The summed E-state index contributed by atoms with van der Waals surface area (Å²) >= 11 is 0. The Kier molecular flexibility index (Phi) is 19.5. The molecule has 0 aliphatic carbocycles. The number of carboxylic acids is 1. The van der Waals surface area contributed by atoms with Gasteiger partial charge >= 0.3 is 11.9 Å². The van der Waals surface area contributed by atoms with Crippen molar-refractivity contribution >= 4 is 11.9 Å². The minimum Gasteiger partial charge on any atom is -0.481 e. The molecule has 0 bridgehead atoms. The maximum atomic E-state index is 11.6. The molecule has 0 spiro atoms. The predicted octanol–water partition coefficient (Wildman–Crippen LogP) is 7.07. The molecule has 164 valence electrons. The molecule has 0 fully saturated rings. The molecule has 0 aromatic carbocycles. The van der Waals surface area contributed by atoms with Crippen LogP contribution in [0.3, 0.4) is 0 Å². The van der Waals surface area contributed by atoms with Crippen molar-refractivity contribution in [2.45, 2.75) is 117 Å². The summed E-state index contributed by atoms with van der Waals surface area (Å²) in [5.74, 6) is -1.86. The number of hydrogen-bond donors (Lipinski definition) is 1. The first kappa shape index (κ1) is 26.7. The van der Waals surface area contributed by atoms with Gasteiger partial charge in [-0.05, 0) is 38.5 Å². The molecule has 0 aliphatic rings. The SMILES string of the molecule is CCCCC/C=C/CCCCCCCCCCC(CC(=O)OCCC)C(=O)O. The van der Waals surface area contributed by atoms with Gasteiger partial charge in [0.2, 0.25) is 0 Å². The summed E-state index contributed by atoms with van der Waals surface area (Å²) in [5, 5.41) is 9.25. The van der Waals surface area contributed by atoms with Crippen molar-refractivity contribution in [3.63, 3.8) is 0 Å². The molecule has 1 atom stereocenters. The highest BCUT2D eigenvalue weighted by Gasteiger charge is 2.21. The number of allylic oxidation sites excluding steroid dienone is 2. The van der Waals surface area contributed by atoms with Crippen molar-refractivity contribution in [1.29, 1.82) is 0 Å². The number of carboxylic acid groups (broad SMARTS) is 1. The van der Waals surface area contributed by atoms with Crippen molar-refractivity contribution in [2.75, 3.05) is 6.61 Å². The molecule has 0 saturated carbocycles. The normalized spacial score (nSPS) is 12.4. The van der Waals surface area contributed by atoms with E-state index in [0.29, 0.717) is 13.0 Å². The third kappa shape index (κ3) is 18.1. The van der Waals surface area contributed by atoms with E-state index < -0.39 is 11.9 Å². The quantitative estimate of drug-likeness (QED) is 0.136. The van der Waals surface area contributed by atoms with Crippen LogP contribution in [0.25, 0.3) is 0 Å². The molecular formula is C24H44O4. The number of hydrogen-bond acceptors (Lipinski definition) is 3. The van der Waals surface area contributed by atoms with Crippen molar-refractivity contribution in [1.82, 2.24) is 0 Å².